The first-order valence-electron chi connectivity index (χ1n) is 16.0. The molecule has 0 saturated heterocycles. The molecule has 2 N–H and O–H groups in total. The summed E-state index contributed by atoms with van der Waals surface area (Å²) >= 11 is 1.61. The Kier molecular flexibility index (Phi) is 13.8. The van der Waals surface area contributed by atoms with Gasteiger partial charge in [0, 0.05) is 50.0 Å². The van der Waals surface area contributed by atoms with Crippen molar-refractivity contribution < 1.29 is 19.1 Å². The van der Waals surface area contributed by atoms with Gasteiger partial charge in [0.1, 0.15) is 6.04 Å². The van der Waals surface area contributed by atoms with Crippen molar-refractivity contribution in [2.75, 3.05) is 32.2 Å². The Labute approximate surface area is 281 Å². The van der Waals surface area contributed by atoms with E-state index in [2.05, 4.69) is 63.6 Å². The Balaban J connectivity index is 1.53. The summed E-state index contributed by atoms with van der Waals surface area (Å²) in [4.78, 5) is 49.9. The molecule has 2 aromatic heterocycles. The molecule has 11 heteroatoms. The molecule has 0 aliphatic rings. The topological polar surface area (TPSA) is 118 Å². The molecular weight excluding hydrogens is 613 g/mol. The summed E-state index contributed by atoms with van der Waals surface area (Å²) < 4.78 is 6.94. The lowest BCUT2D eigenvalue weighted by atomic mass is 9.97. The van der Waals surface area contributed by atoms with Crippen molar-refractivity contribution in [1.82, 2.24) is 30.1 Å². The molecule has 2 amide bonds. The Morgan fingerprint density at radius 1 is 1.00 bits per heavy atom. The van der Waals surface area contributed by atoms with E-state index < -0.39 is 12.0 Å². The number of carbonyl (C=O) groups excluding carboxylic acids is 3. The third-order valence-electron chi connectivity index (χ3n) is 8.45. The number of rotatable bonds is 18. The lowest BCUT2D eigenvalue weighted by Crippen LogP contribution is -2.51. The number of nitrogens with one attached hydrogen (secondary N) is 2. The van der Waals surface area contributed by atoms with Crippen LogP contribution in [0.3, 0.4) is 0 Å². The van der Waals surface area contributed by atoms with E-state index in [1.165, 1.54) is 7.11 Å². The number of methoxy groups -OCH3 is 1. The first kappa shape index (κ1) is 35.6. The summed E-state index contributed by atoms with van der Waals surface area (Å²) in [5.41, 5.74) is 2.97. The van der Waals surface area contributed by atoms with E-state index in [1.54, 1.807) is 36.7 Å². The Hall–Kier alpha value is -4.22. The molecule has 47 heavy (non-hydrogen) atoms. The first-order valence-corrected chi connectivity index (χ1v) is 17.4. The van der Waals surface area contributed by atoms with Crippen molar-refractivity contribution in [2.24, 2.45) is 5.92 Å². The summed E-state index contributed by atoms with van der Waals surface area (Å²) in [5, 5.41) is 8.41. The van der Waals surface area contributed by atoms with Crippen LogP contribution < -0.4 is 10.6 Å². The first-order chi connectivity index (χ1) is 22.8. The van der Waals surface area contributed by atoms with Crippen LogP contribution in [0.4, 0.5) is 0 Å². The van der Waals surface area contributed by atoms with Crippen LogP contribution in [-0.2, 0) is 38.6 Å². The molecule has 10 nitrogen and oxygen atoms in total. The van der Waals surface area contributed by atoms with Crippen LogP contribution in [0, 0.1) is 5.92 Å². The van der Waals surface area contributed by atoms with E-state index in [0.29, 0.717) is 31.8 Å². The largest absolute Gasteiger partial charge is 0.467 e. The number of thioether (sulfide) groups is 1. The number of ether oxygens (including phenoxy) is 1. The van der Waals surface area contributed by atoms with Gasteiger partial charge in [0.15, 0.2) is 0 Å². The van der Waals surface area contributed by atoms with Crippen LogP contribution in [0.5, 0.6) is 0 Å². The summed E-state index contributed by atoms with van der Waals surface area (Å²) in [6.45, 7) is 5.80. The number of hydrogen-bond donors (Lipinski definition) is 2. The van der Waals surface area contributed by atoms with E-state index in [-0.39, 0.29) is 36.7 Å². The molecule has 0 radical (unpaired) electrons. The van der Waals surface area contributed by atoms with Crippen LogP contribution >= 0.6 is 11.8 Å². The number of esters is 1. The van der Waals surface area contributed by atoms with E-state index in [1.807, 2.05) is 41.2 Å². The highest BCUT2D eigenvalue weighted by molar-refractivity contribution is 7.98. The zero-order valence-electron chi connectivity index (χ0n) is 27.7. The van der Waals surface area contributed by atoms with Crippen molar-refractivity contribution >= 4 is 40.3 Å². The van der Waals surface area contributed by atoms with Gasteiger partial charge in [-0.25, -0.2) is 9.78 Å². The summed E-state index contributed by atoms with van der Waals surface area (Å²) in [6, 6.07) is 17.3. The molecule has 0 fully saturated rings. The molecule has 0 aliphatic heterocycles. The number of fused-ring (bicyclic) bond motifs is 1. The van der Waals surface area contributed by atoms with Crippen LogP contribution in [-0.4, -0.2) is 81.5 Å². The predicted molar refractivity (Wildman–Crippen MR) is 187 cm³/mol. The minimum absolute atomic E-state index is 0.0531. The van der Waals surface area contributed by atoms with E-state index in [4.69, 9.17) is 4.74 Å². The standard InChI is InChI=1S/C36H46N6O4S/c1-5-26(2)33(40-34(43)19-30-20-38-25-42(30)21-27-13-16-37-17-14-27)23-41(22-29-11-8-10-28-9-6-7-12-31(28)29)24-35(44)39-32(15-18-47-4)36(45)46-3/h6-14,16-17,20,25-26,32-33H,5,15,18-19,21-24H2,1-4H3,(H,39,44)(H,40,43)/t26-,32-,33+/m0/s1. The van der Waals surface area contributed by atoms with Crippen LogP contribution in [0.15, 0.2) is 79.5 Å². The highest BCUT2D eigenvalue weighted by Crippen LogP contribution is 2.21. The second-order valence-corrected chi connectivity index (χ2v) is 12.8. The average Bonchev–Trinajstić information content (AvgIpc) is 3.51. The highest BCUT2D eigenvalue weighted by atomic mass is 32.2. The Bertz CT molecular complexity index is 1590. The number of nitrogens with zero attached hydrogens (tertiary/aromatic N) is 4. The molecule has 2 aromatic carbocycles. The SMILES string of the molecule is CC[C@H](C)[C@@H](CN(CC(=O)N[C@@H](CCSC)C(=O)OC)Cc1cccc2ccccc12)NC(=O)Cc1cncn1Cc1ccncc1. The molecule has 3 atom stereocenters. The minimum Gasteiger partial charge on any atom is -0.467 e. The van der Waals surface area contributed by atoms with Crippen LogP contribution in [0.1, 0.15) is 43.5 Å². The predicted octanol–water partition coefficient (Wildman–Crippen LogP) is 4.47. The van der Waals surface area contributed by atoms with E-state index in [0.717, 1.165) is 34.0 Å². The minimum atomic E-state index is -0.721. The van der Waals surface area contributed by atoms with Crippen molar-refractivity contribution in [3.8, 4) is 0 Å². The van der Waals surface area contributed by atoms with Gasteiger partial charge in [-0.05, 0) is 58.4 Å². The summed E-state index contributed by atoms with van der Waals surface area (Å²) in [5.74, 6) is 0.0211. The third kappa shape index (κ3) is 10.7. The third-order valence-corrected chi connectivity index (χ3v) is 9.09. The van der Waals surface area contributed by atoms with Crippen molar-refractivity contribution in [2.45, 2.75) is 58.3 Å². The second kappa shape index (κ2) is 18.2. The second-order valence-electron chi connectivity index (χ2n) is 11.8. The fraction of sp³-hybridized carbons (Fsp3) is 0.417. The smallest absolute Gasteiger partial charge is 0.328 e. The molecule has 2 heterocycles. The molecule has 0 unspecified atom stereocenters. The number of imidazole rings is 1. The molecule has 0 saturated carbocycles. The fourth-order valence-electron chi connectivity index (χ4n) is 5.60. The summed E-state index contributed by atoms with van der Waals surface area (Å²) in [6.07, 6.45) is 10.4. The normalized spacial score (nSPS) is 13.2. The van der Waals surface area contributed by atoms with Crippen LogP contribution in [0.2, 0.25) is 0 Å². The molecule has 4 rings (SSSR count). The Morgan fingerprint density at radius 2 is 1.77 bits per heavy atom. The number of carbonyl (C=O) groups is 3. The lowest BCUT2D eigenvalue weighted by molar-refractivity contribution is -0.145. The number of amides is 2. The maximum Gasteiger partial charge on any atom is 0.328 e. The molecule has 4 aromatic rings. The van der Waals surface area contributed by atoms with Gasteiger partial charge in [-0.3, -0.25) is 19.5 Å². The van der Waals surface area contributed by atoms with Gasteiger partial charge >= 0.3 is 5.97 Å². The highest BCUT2D eigenvalue weighted by Gasteiger charge is 2.26. The van der Waals surface area contributed by atoms with Crippen molar-refractivity contribution in [1.29, 1.82) is 0 Å². The Morgan fingerprint density at radius 3 is 2.51 bits per heavy atom. The maximum atomic E-state index is 13.5. The lowest BCUT2D eigenvalue weighted by Gasteiger charge is -2.32. The van der Waals surface area contributed by atoms with Crippen molar-refractivity contribution in [3.63, 3.8) is 0 Å². The van der Waals surface area contributed by atoms with Crippen LogP contribution in [0.25, 0.3) is 10.8 Å². The molecule has 0 spiro atoms. The number of benzene rings is 2. The summed E-state index contributed by atoms with van der Waals surface area (Å²) in [7, 11) is 1.33. The molecular formula is C36H46N6O4S. The zero-order valence-corrected chi connectivity index (χ0v) is 28.5. The van der Waals surface area contributed by atoms with Gasteiger partial charge < -0.3 is 19.9 Å². The van der Waals surface area contributed by atoms with Gasteiger partial charge in [0.05, 0.1) is 26.4 Å². The van der Waals surface area contributed by atoms with E-state index >= 15 is 0 Å². The molecule has 0 aliphatic carbocycles. The monoisotopic (exact) mass is 658 g/mol. The number of pyridine rings is 1. The molecule has 0 bridgehead atoms. The van der Waals surface area contributed by atoms with Gasteiger partial charge in [0.2, 0.25) is 11.8 Å². The molecule has 250 valence electrons. The number of aromatic nitrogens is 3. The van der Waals surface area contributed by atoms with Gasteiger partial charge in [-0.2, -0.15) is 11.8 Å². The number of hydrogen-bond acceptors (Lipinski definition) is 8. The van der Waals surface area contributed by atoms with Gasteiger partial charge in [-0.15, -0.1) is 0 Å². The maximum absolute atomic E-state index is 13.5. The van der Waals surface area contributed by atoms with Gasteiger partial charge in [-0.1, -0.05) is 62.7 Å². The quantitative estimate of drug-likeness (QED) is 0.151. The van der Waals surface area contributed by atoms with Crippen molar-refractivity contribution in [3.05, 3.63) is 96.3 Å². The van der Waals surface area contributed by atoms with Gasteiger partial charge in [0.25, 0.3) is 0 Å². The van der Waals surface area contributed by atoms with E-state index in [9.17, 15) is 14.4 Å². The zero-order chi connectivity index (χ0) is 33.6. The average molecular weight is 659 g/mol. The fourth-order valence-corrected chi connectivity index (χ4v) is 6.07.